The number of benzene rings is 2. The second-order valence-corrected chi connectivity index (χ2v) is 5.86. The molecular formula is C17H16N2OS. The van der Waals surface area contributed by atoms with Crippen molar-refractivity contribution < 1.29 is 4.79 Å². The van der Waals surface area contributed by atoms with Crippen LogP contribution < -0.4 is 5.32 Å². The van der Waals surface area contributed by atoms with Gasteiger partial charge in [0.05, 0.1) is 15.9 Å². The van der Waals surface area contributed by atoms with E-state index in [0.717, 1.165) is 32.9 Å². The Labute approximate surface area is 127 Å². The first-order valence-electron chi connectivity index (χ1n) is 7.02. The lowest BCUT2D eigenvalue weighted by Gasteiger charge is -2.08. The van der Waals surface area contributed by atoms with Crippen LogP contribution >= 0.6 is 11.3 Å². The van der Waals surface area contributed by atoms with E-state index in [1.807, 2.05) is 49.4 Å². The summed E-state index contributed by atoms with van der Waals surface area (Å²) in [5.74, 6) is 0.0473. The maximum Gasteiger partial charge on any atom is 0.224 e. The molecule has 1 aromatic heterocycles. The molecule has 3 aromatic rings. The summed E-state index contributed by atoms with van der Waals surface area (Å²) in [6, 6.07) is 15.9. The van der Waals surface area contributed by atoms with E-state index in [0.29, 0.717) is 6.42 Å². The summed E-state index contributed by atoms with van der Waals surface area (Å²) >= 11 is 1.64. The first kappa shape index (κ1) is 13.8. The van der Waals surface area contributed by atoms with Crippen LogP contribution in [0.4, 0.5) is 5.69 Å². The van der Waals surface area contributed by atoms with Crippen LogP contribution in [0.1, 0.15) is 19.8 Å². The number of thiazole rings is 1. The van der Waals surface area contributed by atoms with Crippen molar-refractivity contribution in [2.24, 2.45) is 0 Å². The largest absolute Gasteiger partial charge is 0.325 e. The predicted octanol–water partition coefficient (Wildman–Crippen LogP) is 4.70. The first-order valence-corrected chi connectivity index (χ1v) is 7.84. The van der Waals surface area contributed by atoms with Gasteiger partial charge in [0.1, 0.15) is 5.01 Å². The molecule has 106 valence electrons. The lowest BCUT2D eigenvalue weighted by atomic mass is 10.2. The smallest absolute Gasteiger partial charge is 0.224 e. The van der Waals surface area contributed by atoms with Crippen molar-refractivity contribution in [1.82, 2.24) is 4.98 Å². The molecule has 0 saturated carbocycles. The molecular weight excluding hydrogens is 280 g/mol. The molecule has 0 unspecified atom stereocenters. The molecule has 0 saturated heterocycles. The zero-order valence-corrected chi connectivity index (χ0v) is 12.6. The number of hydrogen-bond acceptors (Lipinski definition) is 3. The molecule has 0 aliphatic carbocycles. The summed E-state index contributed by atoms with van der Waals surface area (Å²) in [6.07, 6.45) is 1.38. The number of nitrogens with zero attached hydrogens (tertiary/aromatic N) is 1. The van der Waals surface area contributed by atoms with Crippen LogP contribution in [-0.4, -0.2) is 10.9 Å². The van der Waals surface area contributed by atoms with Crippen LogP contribution in [0.25, 0.3) is 20.8 Å². The quantitative estimate of drug-likeness (QED) is 0.758. The molecule has 0 bridgehead atoms. The number of amides is 1. The number of nitrogens with one attached hydrogen (secondary N) is 1. The van der Waals surface area contributed by atoms with E-state index in [-0.39, 0.29) is 5.91 Å². The summed E-state index contributed by atoms with van der Waals surface area (Å²) in [5, 5.41) is 3.92. The first-order chi connectivity index (χ1) is 10.3. The summed E-state index contributed by atoms with van der Waals surface area (Å²) in [5.41, 5.74) is 2.80. The Hall–Kier alpha value is -2.20. The number of rotatable bonds is 4. The Morgan fingerprint density at radius 3 is 2.71 bits per heavy atom. The molecule has 0 aliphatic rings. The summed E-state index contributed by atoms with van der Waals surface area (Å²) in [7, 11) is 0. The van der Waals surface area contributed by atoms with E-state index in [1.54, 1.807) is 11.3 Å². The third kappa shape index (κ3) is 2.95. The third-order valence-electron chi connectivity index (χ3n) is 3.20. The number of aromatic nitrogens is 1. The minimum Gasteiger partial charge on any atom is -0.325 e. The van der Waals surface area contributed by atoms with Gasteiger partial charge in [0.2, 0.25) is 5.91 Å². The van der Waals surface area contributed by atoms with Gasteiger partial charge in [0.25, 0.3) is 0 Å². The van der Waals surface area contributed by atoms with E-state index in [9.17, 15) is 4.79 Å². The summed E-state index contributed by atoms with van der Waals surface area (Å²) in [6.45, 7) is 2.00. The number of carbonyl (C=O) groups excluding carboxylic acids is 1. The monoisotopic (exact) mass is 296 g/mol. The molecule has 0 fully saturated rings. The molecule has 4 heteroatoms. The number of hydrogen-bond donors (Lipinski definition) is 1. The van der Waals surface area contributed by atoms with Gasteiger partial charge < -0.3 is 5.32 Å². The van der Waals surface area contributed by atoms with Crippen molar-refractivity contribution in [2.45, 2.75) is 19.8 Å². The number of anilines is 1. The molecule has 0 radical (unpaired) electrons. The zero-order valence-electron chi connectivity index (χ0n) is 11.8. The van der Waals surface area contributed by atoms with Crippen molar-refractivity contribution in [3.05, 3.63) is 48.5 Å². The topological polar surface area (TPSA) is 42.0 Å². The van der Waals surface area contributed by atoms with Gasteiger partial charge in [-0.2, -0.15) is 0 Å². The van der Waals surface area contributed by atoms with Crippen LogP contribution in [0.3, 0.4) is 0 Å². The fourth-order valence-corrected chi connectivity index (χ4v) is 3.21. The van der Waals surface area contributed by atoms with Crippen molar-refractivity contribution in [1.29, 1.82) is 0 Å². The molecule has 2 aromatic carbocycles. The van der Waals surface area contributed by atoms with Crippen molar-refractivity contribution in [3.8, 4) is 10.6 Å². The summed E-state index contributed by atoms with van der Waals surface area (Å²) in [4.78, 5) is 16.5. The molecule has 0 aliphatic heterocycles. The van der Waals surface area contributed by atoms with Gasteiger partial charge >= 0.3 is 0 Å². The predicted molar refractivity (Wildman–Crippen MR) is 88.6 cm³/mol. The van der Waals surface area contributed by atoms with Crippen LogP contribution in [0.15, 0.2) is 48.5 Å². The molecule has 0 spiro atoms. The van der Waals surface area contributed by atoms with E-state index < -0.39 is 0 Å². The van der Waals surface area contributed by atoms with Crippen LogP contribution in [0.2, 0.25) is 0 Å². The van der Waals surface area contributed by atoms with Gasteiger partial charge in [-0.05, 0) is 30.7 Å². The normalized spacial score (nSPS) is 10.7. The molecule has 21 heavy (non-hydrogen) atoms. The average molecular weight is 296 g/mol. The molecule has 1 heterocycles. The Bertz CT molecular complexity index is 746. The van der Waals surface area contributed by atoms with Gasteiger partial charge in [0, 0.05) is 12.0 Å². The third-order valence-corrected chi connectivity index (χ3v) is 4.27. The molecule has 1 N–H and O–H groups in total. The molecule has 0 atom stereocenters. The molecule has 3 nitrogen and oxygen atoms in total. The highest BCUT2D eigenvalue weighted by Gasteiger charge is 2.11. The Kier molecular flexibility index (Phi) is 3.97. The highest BCUT2D eigenvalue weighted by atomic mass is 32.1. The number of para-hydroxylation sites is 2. The van der Waals surface area contributed by atoms with Gasteiger partial charge in [-0.15, -0.1) is 11.3 Å². The van der Waals surface area contributed by atoms with Gasteiger partial charge in [-0.3, -0.25) is 4.79 Å². The standard InChI is InChI=1S/C17H16N2OS/c1-2-7-16(20)18-13-9-4-3-8-12(13)17-19-14-10-5-6-11-15(14)21-17/h3-6,8-11H,2,7H2,1H3,(H,18,20). The summed E-state index contributed by atoms with van der Waals surface area (Å²) < 4.78 is 1.15. The highest BCUT2D eigenvalue weighted by Crippen LogP contribution is 2.34. The SMILES string of the molecule is CCCC(=O)Nc1ccccc1-c1nc2ccccc2s1. The van der Waals surface area contributed by atoms with Crippen molar-refractivity contribution >= 4 is 33.1 Å². The molecule has 1 amide bonds. The number of fused-ring (bicyclic) bond motifs is 1. The fraction of sp³-hybridized carbons (Fsp3) is 0.176. The minimum atomic E-state index is 0.0473. The van der Waals surface area contributed by atoms with E-state index in [2.05, 4.69) is 16.4 Å². The van der Waals surface area contributed by atoms with E-state index in [4.69, 9.17) is 0 Å². The highest BCUT2D eigenvalue weighted by molar-refractivity contribution is 7.21. The van der Waals surface area contributed by atoms with Crippen LogP contribution in [-0.2, 0) is 4.79 Å². The second-order valence-electron chi connectivity index (χ2n) is 4.83. The maximum absolute atomic E-state index is 11.8. The maximum atomic E-state index is 11.8. The average Bonchev–Trinajstić information content (AvgIpc) is 2.91. The van der Waals surface area contributed by atoms with Gasteiger partial charge in [-0.25, -0.2) is 4.98 Å². The number of carbonyl (C=O) groups is 1. The van der Waals surface area contributed by atoms with Crippen LogP contribution in [0.5, 0.6) is 0 Å². The molecule has 3 rings (SSSR count). The Morgan fingerprint density at radius 1 is 1.14 bits per heavy atom. The van der Waals surface area contributed by atoms with Crippen molar-refractivity contribution in [2.75, 3.05) is 5.32 Å². The minimum absolute atomic E-state index is 0.0473. The second kappa shape index (κ2) is 6.06. The van der Waals surface area contributed by atoms with E-state index in [1.165, 1.54) is 0 Å². The van der Waals surface area contributed by atoms with E-state index >= 15 is 0 Å². The fourth-order valence-electron chi connectivity index (χ4n) is 2.21. The van der Waals surface area contributed by atoms with Gasteiger partial charge in [0.15, 0.2) is 0 Å². The zero-order chi connectivity index (χ0) is 14.7. The van der Waals surface area contributed by atoms with Crippen LogP contribution in [0, 0.1) is 0 Å². The van der Waals surface area contributed by atoms with Crippen molar-refractivity contribution in [3.63, 3.8) is 0 Å². The Morgan fingerprint density at radius 2 is 1.90 bits per heavy atom. The Balaban J connectivity index is 1.99. The van der Waals surface area contributed by atoms with Gasteiger partial charge in [-0.1, -0.05) is 31.2 Å². The lowest BCUT2D eigenvalue weighted by molar-refractivity contribution is -0.116. The lowest BCUT2D eigenvalue weighted by Crippen LogP contribution is -2.11.